The molecule has 1 atom stereocenters. The van der Waals surface area contributed by atoms with Crippen molar-refractivity contribution in [3.63, 3.8) is 0 Å². The molecule has 0 bridgehead atoms. The summed E-state index contributed by atoms with van der Waals surface area (Å²) in [5.74, 6) is -0.314. The molecule has 0 aliphatic carbocycles. The zero-order chi connectivity index (χ0) is 10.0. The van der Waals surface area contributed by atoms with Crippen molar-refractivity contribution in [2.75, 3.05) is 12.3 Å². The topological polar surface area (TPSA) is 78.1 Å². The monoisotopic (exact) mass is 183 g/mol. The van der Waals surface area contributed by atoms with Gasteiger partial charge in [0.2, 0.25) is 0 Å². The van der Waals surface area contributed by atoms with Crippen molar-refractivity contribution < 1.29 is 4.39 Å². The van der Waals surface area contributed by atoms with Gasteiger partial charge in [-0.1, -0.05) is 0 Å². The van der Waals surface area contributed by atoms with E-state index < -0.39 is 0 Å². The summed E-state index contributed by atoms with van der Waals surface area (Å²) in [5, 5.41) is 0. The van der Waals surface area contributed by atoms with Crippen molar-refractivity contribution in [2.24, 2.45) is 11.5 Å². The Hall–Kier alpha value is -1.13. The number of rotatable bonds is 2. The van der Waals surface area contributed by atoms with Crippen LogP contribution in [0.1, 0.15) is 17.2 Å². The van der Waals surface area contributed by atoms with E-state index in [9.17, 15) is 4.39 Å². The molecule has 0 aromatic heterocycles. The van der Waals surface area contributed by atoms with Crippen LogP contribution >= 0.6 is 0 Å². The Labute approximate surface area is 76.7 Å². The Morgan fingerprint density at radius 3 is 2.62 bits per heavy atom. The third kappa shape index (κ3) is 1.96. The van der Waals surface area contributed by atoms with Crippen LogP contribution in [-0.2, 0) is 0 Å². The Morgan fingerprint density at radius 2 is 2.08 bits per heavy atom. The second-order valence-electron chi connectivity index (χ2n) is 3.07. The van der Waals surface area contributed by atoms with E-state index in [0.29, 0.717) is 23.4 Å². The molecule has 6 N–H and O–H groups in total. The Balaban J connectivity index is 3.15. The Bertz CT molecular complexity index is 312. The van der Waals surface area contributed by atoms with Gasteiger partial charge < -0.3 is 17.2 Å². The highest BCUT2D eigenvalue weighted by atomic mass is 19.1. The molecule has 0 aliphatic heterocycles. The summed E-state index contributed by atoms with van der Waals surface area (Å²) in [6.45, 7) is 1.97. The molecule has 0 saturated carbocycles. The molecule has 1 aromatic carbocycles. The number of anilines is 1. The van der Waals surface area contributed by atoms with Gasteiger partial charge in [0.1, 0.15) is 5.82 Å². The fourth-order valence-corrected chi connectivity index (χ4v) is 1.17. The molecule has 0 amide bonds. The maximum absolute atomic E-state index is 13.0. The van der Waals surface area contributed by atoms with E-state index in [1.54, 1.807) is 13.0 Å². The summed E-state index contributed by atoms with van der Waals surface area (Å²) in [4.78, 5) is 0. The number of nitrogens with two attached hydrogens (primary N) is 3. The fraction of sp³-hybridized carbons (Fsp3) is 0.333. The third-order valence-corrected chi connectivity index (χ3v) is 2.02. The number of benzene rings is 1. The maximum Gasteiger partial charge on any atom is 0.128 e. The summed E-state index contributed by atoms with van der Waals surface area (Å²) in [7, 11) is 0. The van der Waals surface area contributed by atoms with Crippen molar-refractivity contribution in [3.05, 3.63) is 29.1 Å². The van der Waals surface area contributed by atoms with Gasteiger partial charge in [-0.05, 0) is 30.2 Å². The molecular weight excluding hydrogens is 169 g/mol. The van der Waals surface area contributed by atoms with Gasteiger partial charge in [-0.25, -0.2) is 4.39 Å². The predicted octanol–water partition coefficient (Wildman–Crippen LogP) is 0.675. The van der Waals surface area contributed by atoms with Crippen LogP contribution in [0.3, 0.4) is 0 Å². The lowest BCUT2D eigenvalue weighted by atomic mass is 10.0. The smallest absolute Gasteiger partial charge is 0.128 e. The van der Waals surface area contributed by atoms with Gasteiger partial charge in [0.25, 0.3) is 0 Å². The van der Waals surface area contributed by atoms with Crippen LogP contribution in [0.25, 0.3) is 0 Å². The van der Waals surface area contributed by atoms with Crippen LogP contribution in [0.2, 0.25) is 0 Å². The number of hydrogen-bond acceptors (Lipinski definition) is 3. The molecule has 1 aromatic rings. The lowest BCUT2D eigenvalue weighted by molar-refractivity contribution is 0.616. The van der Waals surface area contributed by atoms with Gasteiger partial charge in [0.05, 0.1) is 0 Å². The molecule has 0 aliphatic rings. The van der Waals surface area contributed by atoms with Gasteiger partial charge in [-0.3, -0.25) is 0 Å². The van der Waals surface area contributed by atoms with Crippen LogP contribution in [-0.4, -0.2) is 6.54 Å². The number of hydrogen-bond donors (Lipinski definition) is 3. The lowest BCUT2D eigenvalue weighted by Crippen LogP contribution is -2.22. The van der Waals surface area contributed by atoms with Crippen molar-refractivity contribution >= 4 is 5.69 Å². The highest BCUT2D eigenvalue weighted by molar-refractivity contribution is 5.50. The minimum Gasteiger partial charge on any atom is -0.398 e. The zero-order valence-corrected chi connectivity index (χ0v) is 7.55. The summed E-state index contributed by atoms with van der Waals surface area (Å²) in [5.41, 5.74) is 18.3. The van der Waals surface area contributed by atoms with Crippen molar-refractivity contribution in [1.29, 1.82) is 0 Å². The maximum atomic E-state index is 13.0. The normalized spacial score (nSPS) is 12.9. The number of nitrogen functional groups attached to an aromatic ring is 1. The quantitative estimate of drug-likeness (QED) is 0.590. The summed E-state index contributed by atoms with van der Waals surface area (Å²) in [6.07, 6.45) is 0. The second kappa shape index (κ2) is 3.72. The average Bonchev–Trinajstić information content (AvgIpc) is 2.10. The first kappa shape index (κ1) is 9.95. The lowest BCUT2D eigenvalue weighted by Gasteiger charge is -2.13. The van der Waals surface area contributed by atoms with E-state index >= 15 is 0 Å². The molecule has 1 rings (SSSR count). The highest BCUT2D eigenvalue weighted by Crippen LogP contribution is 2.21. The molecular formula is C9H14FN3. The van der Waals surface area contributed by atoms with Gasteiger partial charge in [0.15, 0.2) is 0 Å². The average molecular weight is 183 g/mol. The van der Waals surface area contributed by atoms with Crippen LogP contribution in [0.5, 0.6) is 0 Å². The van der Waals surface area contributed by atoms with Gasteiger partial charge >= 0.3 is 0 Å². The summed E-state index contributed by atoms with van der Waals surface area (Å²) in [6, 6.07) is 2.60. The van der Waals surface area contributed by atoms with Crippen LogP contribution in [0, 0.1) is 12.7 Å². The molecule has 0 heterocycles. The molecule has 0 unspecified atom stereocenters. The highest BCUT2D eigenvalue weighted by Gasteiger charge is 2.10. The van der Waals surface area contributed by atoms with Crippen molar-refractivity contribution in [1.82, 2.24) is 0 Å². The van der Waals surface area contributed by atoms with Crippen LogP contribution in [0.4, 0.5) is 10.1 Å². The predicted molar refractivity (Wildman–Crippen MR) is 51.5 cm³/mol. The van der Waals surface area contributed by atoms with Crippen LogP contribution < -0.4 is 17.2 Å². The second-order valence-corrected chi connectivity index (χ2v) is 3.07. The summed E-state index contributed by atoms with van der Waals surface area (Å²) >= 11 is 0. The molecule has 0 radical (unpaired) electrons. The van der Waals surface area contributed by atoms with Crippen molar-refractivity contribution in [2.45, 2.75) is 13.0 Å². The molecule has 0 fully saturated rings. The first-order chi connectivity index (χ1) is 6.06. The molecule has 4 heteroatoms. The van der Waals surface area contributed by atoms with Crippen molar-refractivity contribution in [3.8, 4) is 0 Å². The Kier molecular flexibility index (Phi) is 2.85. The third-order valence-electron chi connectivity index (χ3n) is 2.02. The minimum atomic E-state index is -0.320. The standard InChI is InChI=1S/C9H14FN3/c1-5-2-6(9(13)4-11)8(12)3-7(5)10/h2-3,9H,4,11-13H2,1H3/t9-/m1/s1. The van der Waals surface area contributed by atoms with E-state index in [-0.39, 0.29) is 11.9 Å². The van der Waals surface area contributed by atoms with Crippen LogP contribution in [0.15, 0.2) is 12.1 Å². The van der Waals surface area contributed by atoms with E-state index in [1.807, 2.05) is 0 Å². The van der Waals surface area contributed by atoms with E-state index in [0.717, 1.165) is 0 Å². The van der Waals surface area contributed by atoms with Gasteiger partial charge in [-0.2, -0.15) is 0 Å². The molecule has 13 heavy (non-hydrogen) atoms. The van der Waals surface area contributed by atoms with E-state index in [1.165, 1.54) is 6.07 Å². The zero-order valence-electron chi connectivity index (χ0n) is 7.55. The molecule has 0 spiro atoms. The van der Waals surface area contributed by atoms with Gasteiger partial charge in [0, 0.05) is 18.3 Å². The Morgan fingerprint density at radius 1 is 1.46 bits per heavy atom. The number of halogens is 1. The fourth-order valence-electron chi connectivity index (χ4n) is 1.17. The molecule has 3 nitrogen and oxygen atoms in total. The molecule has 0 saturated heterocycles. The van der Waals surface area contributed by atoms with Gasteiger partial charge in [-0.15, -0.1) is 0 Å². The largest absolute Gasteiger partial charge is 0.398 e. The number of aryl methyl sites for hydroxylation is 1. The first-order valence-corrected chi connectivity index (χ1v) is 4.07. The minimum absolute atomic E-state index is 0.301. The SMILES string of the molecule is Cc1cc([C@H](N)CN)c(N)cc1F. The van der Waals surface area contributed by atoms with E-state index in [4.69, 9.17) is 17.2 Å². The molecule has 72 valence electrons. The first-order valence-electron chi connectivity index (χ1n) is 4.07. The van der Waals surface area contributed by atoms with E-state index in [2.05, 4.69) is 0 Å². The summed E-state index contributed by atoms with van der Waals surface area (Å²) < 4.78 is 13.0.